The van der Waals surface area contributed by atoms with Crippen LogP contribution < -0.4 is 5.32 Å². The summed E-state index contributed by atoms with van der Waals surface area (Å²) in [6, 6.07) is 9.35. The number of carbonyl (C=O) groups excluding carboxylic acids is 1. The zero-order valence-electron chi connectivity index (χ0n) is 13.5. The lowest BCUT2D eigenvalue weighted by Crippen LogP contribution is -2.28. The summed E-state index contributed by atoms with van der Waals surface area (Å²) in [7, 11) is 0. The van der Waals surface area contributed by atoms with E-state index >= 15 is 0 Å². The number of aromatic carboxylic acids is 1. The monoisotopic (exact) mass is 327 g/mol. The van der Waals surface area contributed by atoms with Crippen LogP contribution >= 0.6 is 0 Å². The Kier molecular flexibility index (Phi) is 3.87. The Morgan fingerprint density at radius 1 is 1.08 bits per heavy atom. The number of halogens is 1. The molecule has 0 bridgehead atoms. The lowest BCUT2D eigenvalue weighted by molar-refractivity contribution is -0.118. The number of carbonyl (C=O) groups is 2. The van der Waals surface area contributed by atoms with E-state index in [1.807, 2.05) is 32.0 Å². The van der Waals surface area contributed by atoms with Crippen molar-refractivity contribution in [2.75, 3.05) is 5.32 Å². The molecule has 4 nitrogen and oxygen atoms in total. The van der Waals surface area contributed by atoms with Gasteiger partial charge in [-0.25, -0.2) is 9.18 Å². The highest BCUT2D eigenvalue weighted by atomic mass is 19.1. The number of benzene rings is 2. The van der Waals surface area contributed by atoms with E-state index in [0.717, 1.165) is 28.8 Å². The SMILES string of the molecule is Cc1cc(C)cc(C2(C(=O)Nc3cc(C(=O)O)ccc3F)CC2)c1. The minimum Gasteiger partial charge on any atom is -0.478 e. The van der Waals surface area contributed by atoms with Gasteiger partial charge in [0, 0.05) is 0 Å². The molecule has 0 heterocycles. The molecule has 3 rings (SSSR count). The largest absolute Gasteiger partial charge is 0.478 e. The third kappa shape index (κ3) is 2.89. The van der Waals surface area contributed by atoms with Gasteiger partial charge in [0.25, 0.3) is 0 Å². The molecule has 0 unspecified atom stereocenters. The molecule has 0 saturated heterocycles. The number of nitrogens with one attached hydrogen (secondary N) is 1. The van der Waals surface area contributed by atoms with E-state index in [4.69, 9.17) is 5.11 Å². The zero-order valence-corrected chi connectivity index (χ0v) is 13.5. The van der Waals surface area contributed by atoms with Crippen LogP contribution in [0, 0.1) is 19.7 Å². The van der Waals surface area contributed by atoms with E-state index in [1.54, 1.807) is 0 Å². The summed E-state index contributed by atoms with van der Waals surface area (Å²) < 4.78 is 13.9. The van der Waals surface area contributed by atoms with Gasteiger partial charge in [0.15, 0.2) is 0 Å². The van der Waals surface area contributed by atoms with Crippen molar-refractivity contribution < 1.29 is 19.1 Å². The second-order valence-corrected chi connectivity index (χ2v) is 6.41. The summed E-state index contributed by atoms with van der Waals surface area (Å²) in [6.07, 6.45) is 1.39. The van der Waals surface area contributed by atoms with E-state index < -0.39 is 17.2 Å². The number of carboxylic acids is 1. The van der Waals surface area contributed by atoms with Crippen LogP contribution in [0.5, 0.6) is 0 Å². The first-order chi connectivity index (χ1) is 11.3. The van der Waals surface area contributed by atoms with Gasteiger partial charge >= 0.3 is 5.97 Å². The quantitative estimate of drug-likeness (QED) is 0.897. The highest BCUT2D eigenvalue weighted by molar-refractivity contribution is 6.02. The maximum absolute atomic E-state index is 13.9. The molecule has 1 amide bonds. The van der Waals surface area contributed by atoms with Gasteiger partial charge in [-0.3, -0.25) is 4.79 Å². The number of rotatable bonds is 4. The maximum atomic E-state index is 13.9. The molecule has 1 aliphatic rings. The molecule has 1 saturated carbocycles. The molecule has 1 aliphatic carbocycles. The molecular formula is C19H18FNO3. The van der Waals surface area contributed by atoms with Crippen LogP contribution in [0.3, 0.4) is 0 Å². The second kappa shape index (κ2) is 5.74. The molecule has 0 aliphatic heterocycles. The van der Waals surface area contributed by atoms with Gasteiger partial charge in [-0.05, 0) is 50.5 Å². The Balaban J connectivity index is 1.90. The molecule has 0 spiro atoms. The Morgan fingerprint density at radius 2 is 1.71 bits per heavy atom. The van der Waals surface area contributed by atoms with E-state index in [2.05, 4.69) is 5.32 Å². The number of hydrogen-bond acceptors (Lipinski definition) is 2. The van der Waals surface area contributed by atoms with E-state index in [-0.39, 0.29) is 17.2 Å². The first kappa shape index (κ1) is 16.2. The predicted octanol–water partition coefficient (Wildman–Crippen LogP) is 3.81. The Hall–Kier alpha value is -2.69. The van der Waals surface area contributed by atoms with E-state index in [1.165, 1.54) is 6.07 Å². The molecule has 1 fully saturated rings. The number of hydrogen-bond donors (Lipinski definition) is 2. The number of aryl methyl sites for hydroxylation is 2. The van der Waals surface area contributed by atoms with Gasteiger partial charge in [-0.1, -0.05) is 29.3 Å². The first-order valence-corrected chi connectivity index (χ1v) is 7.75. The Morgan fingerprint density at radius 3 is 2.25 bits per heavy atom. The zero-order chi connectivity index (χ0) is 17.5. The van der Waals surface area contributed by atoms with Gasteiger partial charge in [-0.15, -0.1) is 0 Å². The fourth-order valence-electron chi connectivity index (χ4n) is 3.02. The summed E-state index contributed by atoms with van der Waals surface area (Å²) in [5.41, 5.74) is 2.25. The van der Waals surface area contributed by atoms with Crippen LogP contribution in [0.15, 0.2) is 36.4 Å². The molecule has 124 valence electrons. The van der Waals surface area contributed by atoms with Crippen molar-refractivity contribution in [2.45, 2.75) is 32.1 Å². The second-order valence-electron chi connectivity index (χ2n) is 6.41. The molecule has 0 radical (unpaired) electrons. The fourth-order valence-corrected chi connectivity index (χ4v) is 3.02. The number of amides is 1. The number of anilines is 1. The van der Waals surface area contributed by atoms with E-state index in [9.17, 15) is 14.0 Å². The van der Waals surface area contributed by atoms with Crippen LogP contribution in [0.4, 0.5) is 10.1 Å². The minimum atomic E-state index is -1.17. The Bertz CT molecular complexity index is 820. The van der Waals surface area contributed by atoms with Crippen LogP contribution in [0.25, 0.3) is 0 Å². The van der Waals surface area contributed by atoms with Crippen LogP contribution in [0.1, 0.15) is 39.9 Å². The molecular weight excluding hydrogens is 309 g/mol. The highest BCUT2D eigenvalue weighted by Gasteiger charge is 2.51. The van der Waals surface area contributed by atoms with Crippen molar-refractivity contribution in [1.82, 2.24) is 0 Å². The average molecular weight is 327 g/mol. The van der Waals surface area contributed by atoms with Crippen LogP contribution in [-0.4, -0.2) is 17.0 Å². The van der Waals surface area contributed by atoms with Crippen molar-refractivity contribution in [3.05, 3.63) is 64.5 Å². The minimum absolute atomic E-state index is 0.0667. The standard InChI is InChI=1S/C19H18FNO3/c1-11-7-12(2)9-14(8-11)19(5-6-19)18(24)21-16-10-13(17(22)23)3-4-15(16)20/h3-4,7-10H,5-6H2,1-2H3,(H,21,24)(H,22,23). The van der Waals surface area contributed by atoms with Gasteiger partial charge in [0.05, 0.1) is 16.7 Å². The molecule has 24 heavy (non-hydrogen) atoms. The maximum Gasteiger partial charge on any atom is 0.335 e. The summed E-state index contributed by atoms with van der Waals surface area (Å²) in [6.45, 7) is 3.95. The number of carboxylic acid groups (broad SMARTS) is 1. The van der Waals surface area contributed by atoms with Crippen LogP contribution in [0.2, 0.25) is 0 Å². The van der Waals surface area contributed by atoms with Crippen molar-refractivity contribution >= 4 is 17.6 Å². The predicted molar refractivity (Wildman–Crippen MR) is 88.8 cm³/mol. The van der Waals surface area contributed by atoms with Gasteiger partial charge < -0.3 is 10.4 Å². The summed E-state index contributed by atoms with van der Waals surface area (Å²) in [5, 5.41) is 11.6. The third-order valence-electron chi connectivity index (χ3n) is 4.42. The first-order valence-electron chi connectivity index (χ1n) is 7.75. The van der Waals surface area contributed by atoms with Crippen molar-refractivity contribution in [2.24, 2.45) is 0 Å². The van der Waals surface area contributed by atoms with Crippen molar-refractivity contribution in [3.63, 3.8) is 0 Å². The smallest absolute Gasteiger partial charge is 0.335 e. The summed E-state index contributed by atoms with van der Waals surface area (Å²) in [4.78, 5) is 23.7. The lowest BCUT2D eigenvalue weighted by Gasteiger charge is -2.17. The van der Waals surface area contributed by atoms with Crippen molar-refractivity contribution in [3.8, 4) is 0 Å². The summed E-state index contributed by atoms with van der Waals surface area (Å²) >= 11 is 0. The molecule has 2 N–H and O–H groups in total. The van der Waals surface area contributed by atoms with Gasteiger partial charge in [-0.2, -0.15) is 0 Å². The normalized spacial score (nSPS) is 15.0. The molecule has 0 atom stereocenters. The fraction of sp³-hybridized carbons (Fsp3) is 0.263. The van der Waals surface area contributed by atoms with Crippen LogP contribution in [-0.2, 0) is 10.2 Å². The topological polar surface area (TPSA) is 66.4 Å². The molecule has 2 aromatic rings. The van der Waals surface area contributed by atoms with Crippen molar-refractivity contribution in [1.29, 1.82) is 0 Å². The third-order valence-corrected chi connectivity index (χ3v) is 4.42. The molecule has 5 heteroatoms. The average Bonchev–Trinajstić information content (AvgIpc) is 3.30. The van der Waals surface area contributed by atoms with Gasteiger partial charge in [0.1, 0.15) is 5.82 Å². The summed E-state index contributed by atoms with van der Waals surface area (Å²) in [5.74, 6) is -2.11. The molecule has 2 aromatic carbocycles. The van der Waals surface area contributed by atoms with Gasteiger partial charge in [0.2, 0.25) is 5.91 Å². The van der Waals surface area contributed by atoms with E-state index in [0.29, 0.717) is 12.8 Å². The lowest BCUT2D eigenvalue weighted by atomic mass is 9.92. The molecule has 0 aromatic heterocycles. The highest BCUT2D eigenvalue weighted by Crippen LogP contribution is 2.49. The Labute approximate surface area is 139 Å².